The van der Waals surface area contributed by atoms with Gasteiger partial charge in [-0.2, -0.15) is 0 Å². The number of benzene rings is 1. The molecule has 0 saturated carbocycles. The van der Waals surface area contributed by atoms with E-state index in [1.807, 2.05) is 0 Å². The normalized spacial score (nSPS) is 17.9. The van der Waals surface area contributed by atoms with Gasteiger partial charge in [0, 0.05) is 25.6 Å². The Labute approximate surface area is 135 Å². The average Bonchev–Trinajstić information content (AvgIpc) is 2.79. The van der Waals surface area contributed by atoms with Crippen LogP contribution in [0.25, 0.3) is 0 Å². The molecule has 0 spiro atoms. The van der Waals surface area contributed by atoms with Gasteiger partial charge in [-0.15, -0.1) is 0 Å². The second kappa shape index (κ2) is 6.66. The second-order valence-electron chi connectivity index (χ2n) is 4.94. The lowest BCUT2D eigenvalue weighted by molar-refractivity contribution is -0.117. The van der Waals surface area contributed by atoms with Crippen molar-refractivity contribution in [3.05, 3.63) is 28.5 Å². The molecule has 1 aliphatic heterocycles. The second-order valence-corrected chi connectivity index (χ2v) is 6.54. The molecule has 1 aromatic carbocycles. The van der Waals surface area contributed by atoms with Crippen molar-refractivity contribution >= 4 is 46.0 Å². The number of amides is 1. The summed E-state index contributed by atoms with van der Waals surface area (Å²) >= 11 is 6.92. The third kappa shape index (κ3) is 3.41. The summed E-state index contributed by atoms with van der Waals surface area (Å²) < 4.78 is 14.1. The number of carbonyl (C=O) groups excluding carboxylic acids is 2. The van der Waals surface area contributed by atoms with Gasteiger partial charge in [-0.05, 0) is 18.1 Å². The van der Waals surface area contributed by atoms with Gasteiger partial charge in [-0.1, -0.05) is 23.4 Å². The van der Waals surface area contributed by atoms with E-state index < -0.39 is 17.3 Å². The summed E-state index contributed by atoms with van der Waals surface area (Å²) in [5.41, 5.74) is -0.727. The van der Waals surface area contributed by atoms with Crippen LogP contribution in [0, 0.1) is 11.7 Å². The lowest BCUT2D eigenvalue weighted by Crippen LogP contribution is -2.28. The number of carboxylic acids is 1. The molecule has 1 amide bonds. The third-order valence-corrected chi connectivity index (χ3v) is 4.65. The van der Waals surface area contributed by atoms with Crippen LogP contribution in [0.1, 0.15) is 23.7 Å². The minimum absolute atomic E-state index is 0.0638. The Bertz CT molecular complexity index is 652. The van der Waals surface area contributed by atoms with E-state index >= 15 is 0 Å². The number of thioether (sulfide) groups is 1. The molecule has 5 nitrogen and oxygen atoms in total. The number of anilines is 1. The van der Waals surface area contributed by atoms with Crippen LogP contribution in [0.5, 0.6) is 0 Å². The lowest BCUT2D eigenvalue weighted by Gasteiger charge is -2.20. The molecule has 0 aromatic heterocycles. The number of hydrogen-bond donors (Lipinski definition) is 1. The van der Waals surface area contributed by atoms with Crippen molar-refractivity contribution in [1.29, 1.82) is 0 Å². The fraction of sp³-hybridized carbons (Fsp3) is 0.357. The minimum atomic E-state index is -1.39. The van der Waals surface area contributed by atoms with Gasteiger partial charge in [-0.25, -0.2) is 9.18 Å². The monoisotopic (exact) mass is 345 g/mol. The number of carbonyl (C=O) groups is 3. The fourth-order valence-electron chi connectivity index (χ4n) is 2.35. The molecule has 1 N–H and O–H groups in total. The van der Waals surface area contributed by atoms with Gasteiger partial charge in [0.2, 0.25) is 5.91 Å². The van der Waals surface area contributed by atoms with E-state index in [0.717, 1.165) is 28.8 Å². The smallest absolute Gasteiger partial charge is 0.339 e. The van der Waals surface area contributed by atoms with Gasteiger partial charge in [-0.3, -0.25) is 9.59 Å². The maximum atomic E-state index is 14.1. The minimum Gasteiger partial charge on any atom is -0.478 e. The van der Waals surface area contributed by atoms with Gasteiger partial charge in [0.15, 0.2) is 5.12 Å². The van der Waals surface area contributed by atoms with Crippen molar-refractivity contribution in [3.8, 4) is 0 Å². The van der Waals surface area contributed by atoms with Gasteiger partial charge in [0.25, 0.3) is 0 Å². The topological polar surface area (TPSA) is 74.7 Å². The Hall–Kier alpha value is -1.60. The van der Waals surface area contributed by atoms with Crippen molar-refractivity contribution in [2.45, 2.75) is 13.3 Å². The lowest BCUT2D eigenvalue weighted by atomic mass is 10.1. The summed E-state index contributed by atoms with van der Waals surface area (Å²) in [5, 5.41) is 9.03. The van der Waals surface area contributed by atoms with Crippen LogP contribution in [0.4, 0.5) is 10.1 Å². The summed E-state index contributed by atoms with van der Waals surface area (Å²) in [5.74, 6) is -2.29. The van der Waals surface area contributed by atoms with Crippen molar-refractivity contribution in [3.63, 3.8) is 0 Å². The van der Waals surface area contributed by atoms with E-state index in [0.29, 0.717) is 5.75 Å². The largest absolute Gasteiger partial charge is 0.478 e. The number of nitrogens with zero attached hydrogens (tertiary/aromatic N) is 1. The Balaban J connectivity index is 2.32. The first kappa shape index (κ1) is 16.8. The molecule has 1 heterocycles. The number of rotatable bonds is 4. The molecule has 1 fully saturated rings. The summed E-state index contributed by atoms with van der Waals surface area (Å²) in [6, 6.07) is 2.18. The highest BCUT2D eigenvalue weighted by Gasteiger charge is 2.35. The molecule has 1 aliphatic rings. The molecule has 0 aliphatic carbocycles. The summed E-state index contributed by atoms with van der Waals surface area (Å²) in [7, 11) is 0. The van der Waals surface area contributed by atoms with Crippen LogP contribution in [0.2, 0.25) is 5.02 Å². The first-order chi connectivity index (χ1) is 10.3. The van der Waals surface area contributed by atoms with Crippen molar-refractivity contribution in [2.75, 3.05) is 17.2 Å². The molecule has 0 radical (unpaired) electrons. The Kier molecular flexibility index (Phi) is 5.08. The molecule has 1 unspecified atom stereocenters. The molecule has 8 heteroatoms. The van der Waals surface area contributed by atoms with Gasteiger partial charge in [0.05, 0.1) is 10.7 Å². The van der Waals surface area contributed by atoms with Crippen molar-refractivity contribution < 1.29 is 23.9 Å². The Morgan fingerprint density at radius 2 is 2.18 bits per heavy atom. The van der Waals surface area contributed by atoms with Gasteiger partial charge < -0.3 is 10.0 Å². The van der Waals surface area contributed by atoms with Crippen LogP contribution < -0.4 is 4.90 Å². The summed E-state index contributed by atoms with van der Waals surface area (Å²) in [6.07, 6.45) is 0.144. The Morgan fingerprint density at radius 3 is 2.77 bits per heavy atom. The summed E-state index contributed by atoms with van der Waals surface area (Å²) in [6.45, 7) is 1.59. The number of halogens is 2. The first-order valence-corrected chi connectivity index (χ1v) is 7.82. The molecule has 1 atom stereocenters. The van der Waals surface area contributed by atoms with Crippen LogP contribution in [0.15, 0.2) is 12.1 Å². The SMILES string of the molecule is CC(=O)SCC1CC(=O)N(c2c(F)ccc(Cl)c2C(=O)O)C1. The average molecular weight is 346 g/mol. The predicted octanol–water partition coefficient (Wildman–Crippen LogP) is 2.81. The fourth-order valence-corrected chi connectivity index (χ4v) is 3.28. The first-order valence-electron chi connectivity index (χ1n) is 6.46. The molecule has 22 heavy (non-hydrogen) atoms. The van der Waals surface area contributed by atoms with Crippen LogP contribution in [-0.2, 0) is 9.59 Å². The van der Waals surface area contributed by atoms with E-state index in [1.54, 1.807) is 0 Å². The van der Waals surface area contributed by atoms with E-state index in [4.69, 9.17) is 11.6 Å². The van der Waals surface area contributed by atoms with Crippen LogP contribution >= 0.6 is 23.4 Å². The standard InChI is InChI=1S/C14H13ClFNO4S/c1-7(18)22-6-8-4-11(19)17(5-8)13-10(16)3-2-9(15)12(13)14(20)21/h2-3,8H,4-6H2,1H3,(H,20,21). The highest BCUT2D eigenvalue weighted by Crippen LogP contribution is 2.35. The number of aromatic carboxylic acids is 1. The predicted molar refractivity (Wildman–Crippen MR) is 82.0 cm³/mol. The van der Waals surface area contributed by atoms with Gasteiger partial charge in [0.1, 0.15) is 11.4 Å². The quantitative estimate of drug-likeness (QED) is 0.908. The molecule has 2 rings (SSSR count). The van der Waals surface area contributed by atoms with E-state index in [9.17, 15) is 23.9 Å². The van der Waals surface area contributed by atoms with Gasteiger partial charge >= 0.3 is 5.97 Å². The highest BCUT2D eigenvalue weighted by molar-refractivity contribution is 8.13. The zero-order valence-corrected chi connectivity index (χ0v) is 13.2. The maximum Gasteiger partial charge on any atom is 0.339 e. The van der Waals surface area contributed by atoms with E-state index in [-0.39, 0.29) is 40.6 Å². The molecule has 1 aromatic rings. The zero-order chi connectivity index (χ0) is 16.4. The van der Waals surface area contributed by atoms with E-state index in [1.165, 1.54) is 6.92 Å². The maximum absolute atomic E-state index is 14.1. The van der Waals surface area contributed by atoms with Crippen molar-refractivity contribution in [1.82, 2.24) is 0 Å². The molecule has 1 saturated heterocycles. The Morgan fingerprint density at radius 1 is 1.50 bits per heavy atom. The third-order valence-electron chi connectivity index (χ3n) is 3.29. The molecule has 118 valence electrons. The zero-order valence-electron chi connectivity index (χ0n) is 11.6. The van der Waals surface area contributed by atoms with E-state index in [2.05, 4.69) is 0 Å². The van der Waals surface area contributed by atoms with Crippen molar-refractivity contribution in [2.24, 2.45) is 5.92 Å². The highest BCUT2D eigenvalue weighted by atomic mass is 35.5. The molecular weight excluding hydrogens is 333 g/mol. The molecule has 0 bridgehead atoms. The van der Waals surface area contributed by atoms with Crippen LogP contribution in [-0.4, -0.2) is 34.4 Å². The number of hydrogen-bond acceptors (Lipinski definition) is 4. The summed E-state index contributed by atoms with van der Waals surface area (Å²) in [4.78, 5) is 35.5. The number of carboxylic acid groups (broad SMARTS) is 1. The molecular formula is C14H13ClFNO4S. The van der Waals surface area contributed by atoms with Crippen LogP contribution in [0.3, 0.4) is 0 Å².